The molecule has 0 aliphatic carbocycles. The maximum atomic E-state index is 6.42. The fourth-order valence-electron chi connectivity index (χ4n) is 5.40. The summed E-state index contributed by atoms with van der Waals surface area (Å²) >= 11 is 1.92. The van der Waals surface area contributed by atoms with Gasteiger partial charge in [-0.25, -0.2) is 0 Å². The van der Waals surface area contributed by atoms with Crippen LogP contribution in [0.1, 0.15) is 50.6 Å². The molecule has 37 heavy (non-hydrogen) atoms. The summed E-state index contributed by atoms with van der Waals surface area (Å²) in [6.45, 7) is 13.7. The van der Waals surface area contributed by atoms with Crippen LogP contribution in [0.2, 0.25) is 0 Å². The van der Waals surface area contributed by atoms with E-state index in [9.17, 15) is 0 Å². The second-order valence-corrected chi connectivity index (χ2v) is 12.8. The molecule has 0 bridgehead atoms. The molecule has 0 saturated carbocycles. The Hall–Kier alpha value is -3.43. The van der Waals surface area contributed by atoms with E-state index >= 15 is 0 Å². The highest BCUT2D eigenvalue weighted by atomic mass is 32.1. The third kappa shape index (κ3) is 4.26. The van der Waals surface area contributed by atoms with Crippen molar-refractivity contribution in [1.29, 1.82) is 0 Å². The van der Waals surface area contributed by atoms with Gasteiger partial charge >= 0.3 is 0 Å². The molecule has 6 rings (SSSR count). The molecule has 3 aromatic heterocycles. The van der Waals surface area contributed by atoms with Crippen LogP contribution < -0.4 is 0 Å². The van der Waals surface area contributed by atoms with Crippen molar-refractivity contribution in [3.8, 4) is 22.6 Å². The fraction of sp³-hybridized carbons (Fsp3) is 0.265. The van der Waals surface area contributed by atoms with E-state index in [0.717, 1.165) is 40.0 Å². The number of hydrogen-bond acceptors (Lipinski definition) is 3. The lowest BCUT2D eigenvalue weighted by Crippen LogP contribution is -2.12. The second kappa shape index (κ2) is 8.85. The van der Waals surface area contributed by atoms with Crippen LogP contribution in [0.5, 0.6) is 0 Å². The lowest BCUT2D eigenvalue weighted by Gasteiger charge is -2.22. The highest BCUT2D eigenvalue weighted by molar-refractivity contribution is 7.19. The number of fused-ring (bicyclic) bond motifs is 3. The van der Waals surface area contributed by atoms with Crippen LogP contribution >= 0.6 is 11.3 Å². The number of hydrogen-bond donors (Lipinski definition) is 0. The van der Waals surface area contributed by atoms with E-state index in [1.165, 1.54) is 36.9 Å². The molecule has 0 aliphatic heterocycles. The Kier molecular flexibility index (Phi) is 5.72. The summed E-state index contributed by atoms with van der Waals surface area (Å²) < 4.78 is 7.74. The third-order valence-electron chi connectivity index (χ3n) is 7.30. The van der Waals surface area contributed by atoms with Crippen molar-refractivity contribution in [2.75, 3.05) is 0 Å². The van der Waals surface area contributed by atoms with Crippen molar-refractivity contribution in [3.63, 3.8) is 0 Å². The lowest BCUT2D eigenvalue weighted by atomic mass is 9.82. The van der Waals surface area contributed by atoms with Crippen LogP contribution in [0.15, 0.2) is 77.3 Å². The number of rotatable bonds is 4. The van der Waals surface area contributed by atoms with Gasteiger partial charge < -0.3 is 4.42 Å². The first kappa shape index (κ1) is 23.9. The van der Waals surface area contributed by atoms with Crippen LogP contribution in [0.25, 0.3) is 54.4 Å². The van der Waals surface area contributed by atoms with E-state index in [2.05, 4.69) is 102 Å². The van der Waals surface area contributed by atoms with Crippen molar-refractivity contribution < 1.29 is 4.42 Å². The number of aromatic nitrogens is 1. The maximum absolute atomic E-state index is 6.42. The van der Waals surface area contributed by atoms with Gasteiger partial charge in [-0.2, -0.15) is 0 Å². The number of pyridine rings is 1. The molecular weight excluding hydrogens is 470 g/mol. The van der Waals surface area contributed by atoms with Gasteiger partial charge in [-0.05, 0) is 82.3 Å². The highest BCUT2D eigenvalue weighted by Gasteiger charge is 2.20. The number of aryl methyl sites for hydroxylation is 1. The minimum absolute atomic E-state index is 0.0216. The van der Waals surface area contributed by atoms with Crippen LogP contribution in [-0.2, 0) is 11.8 Å². The maximum Gasteiger partial charge on any atom is 0.138 e. The van der Waals surface area contributed by atoms with Crippen molar-refractivity contribution in [2.24, 2.45) is 5.92 Å². The van der Waals surface area contributed by atoms with E-state index < -0.39 is 0 Å². The number of furan rings is 1. The van der Waals surface area contributed by atoms with E-state index in [1.807, 2.05) is 23.6 Å². The van der Waals surface area contributed by atoms with Crippen molar-refractivity contribution in [2.45, 2.75) is 53.4 Å². The van der Waals surface area contributed by atoms with Gasteiger partial charge in [-0.1, -0.05) is 71.0 Å². The predicted molar refractivity (Wildman–Crippen MR) is 160 cm³/mol. The van der Waals surface area contributed by atoms with Gasteiger partial charge in [0, 0.05) is 32.3 Å². The number of thiophene rings is 1. The van der Waals surface area contributed by atoms with Crippen LogP contribution in [0, 0.1) is 12.8 Å². The monoisotopic (exact) mass is 503 g/mol. The molecule has 0 fully saturated rings. The van der Waals surface area contributed by atoms with E-state index in [4.69, 9.17) is 9.40 Å². The molecule has 0 N–H and O–H groups in total. The molecule has 3 heterocycles. The summed E-state index contributed by atoms with van der Waals surface area (Å²) in [6.07, 6.45) is 2.99. The molecule has 6 aromatic rings. The molecule has 0 radical (unpaired) electrons. The quantitative estimate of drug-likeness (QED) is 0.239. The first-order valence-corrected chi connectivity index (χ1v) is 14.0. The molecule has 0 aliphatic rings. The summed E-state index contributed by atoms with van der Waals surface area (Å²) in [7, 11) is 0. The zero-order chi connectivity index (χ0) is 25.9. The molecular formula is C34H33NOS. The highest BCUT2D eigenvalue weighted by Crippen LogP contribution is 2.40. The minimum Gasteiger partial charge on any atom is -0.456 e. The van der Waals surface area contributed by atoms with E-state index in [1.54, 1.807) is 0 Å². The lowest BCUT2D eigenvalue weighted by molar-refractivity contribution is 0.596. The first-order valence-electron chi connectivity index (χ1n) is 13.1. The average Bonchev–Trinajstić information content (AvgIpc) is 3.43. The Morgan fingerprint density at radius 3 is 2.46 bits per heavy atom. The Balaban J connectivity index is 1.49. The van der Waals surface area contributed by atoms with Gasteiger partial charge in [0.2, 0.25) is 0 Å². The average molecular weight is 504 g/mol. The van der Waals surface area contributed by atoms with Gasteiger partial charge in [0.15, 0.2) is 0 Å². The topological polar surface area (TPSA) is 26.0 Å². The standard InChI is InChI=1S/C34H33NOS/c1-20(2)15-31-21(3)25-12-11-23(18-32(25)37-31)30-19-27-29(36-30)13-14-35-33(27)24-16-22-9-7-8-10-26(22)28(17-24)34(4,5)6/h7-14,16-20H,15H2,1-6H3. The van der Waals surface area contributed by atoms with Crippen LogP contribution in [0.4, 0.5) is 0 Å². The normalized spacial score (nSPS) is 12.4. The Labute approximate surface area is 223 Å². The first-order chi connectivity index (χ1) is 17.7. The molecule has 0 amide bonds. The van der Waals surface area contributed by atoms with Crippen LogP contribution in [-0.4, -0.2) is 4.98 Å². The summed E-state index contributed by atoms with van der Waals surface area (Å²) in [5, 5.41) is 4.95. The molecule has 2 nitrogen and oxygen atoms in total. The molecule has 0 unspecified atom stereocenters. The van der Waals surface area contributed by atoms with Crippen LogP contribution in [0.3, 0.4) is 0 Å². The Morgan fingerprint density at radius 1 is 0.865 bits per heavy atom. The summed E-state index contributed by atoms with van der Waals surface area (Å²) in [6, 6.07) is 24.1. The minimum atomic E-state index is 0.0216. The van der Waals surface area contributed by atoms with Crippen molar-refractivity contribution in [1.82, 2.24) is 4.98 Å². The summed E-state index contributed by atoms with van der Waals surface area (Å²) in [5.74, 6) is 1.54. The van der Waals surface area contributed by atoms with Crippen molar-refractivity contribution in [3.05, 3.63) is 88.9 Å². The fourth-order valence-corrected chi connectivity index (χ4v) is 6.86. The summed E-state index contributed by atoms with van der Waals surface area (Å²) in [5.41, 5.74) is 6.85. The van der Waals surface area contributed by atoms with Gasteiger partial charge in [0.1, 0.15) is 11.3 Å². The van der Waals surface area contributed by atoms with Gasteiger partial charge in [-0.15, -0.1) is 11.3 Å². The molecule has 0 atom stereocenters. The largest absolute Gasteiger partial charge is 0.456 e. The number of benzene rings is 3. The predicted octanol–water partition coefficient (Wildman–Crippen LogP) is 10.3. The smallest absolute Gasteiger partial charge is 0.138 e. The van der Waals surface area contributed by atoms with E-state index in [-0.39, 0.29) is 5.41 Å². The van der Waals surface area contributed by atoms with Gasteiger partial charge in [0.25, 0.3) is 0 Å². The molecule has 0 spiro atoms. The second-order valence-electron chi connectivity index (χ2n) is 11.6. The number of nitrogens with zero attached hydrogens (tertiary/aromatic N) is 1. The summed E-state index contributed by atoms with van der Waals surface area (Å²) in [4.78, 5) is 6.34. The molecule has 186 valence electrons. The zero-order valence-corrected chi connectivity index (χ0v) is 23.3. The molecule has 3 aromatic carbocycles. The van der Waals surface area contributed by atoms with Crippen molar-refractivity contribution >= 4 is 43.2 Å². The Morgan fingerprint density at radius 2 is 1.68 bits per heavy atom. The zero-order valence-electron chi connectivity index (χ0n) is 22.5. The Bertz CT molecular complexity index is 1780. The van der Waals surface area contributed by atoms with Gasteiger partial charge in [0.05, 0.1) is 5.69 Å². The molecule has 3 heteroatoms. The van der Waals surface area contributed by atoms with Gasteiger partial charge in [-0.3, -0.25) is 4.98 Å². The van der Waals surface area contributed by atoms with E-state index in [0.29, 0.717) is 5.92 Å². The SMILES string of the molecule is Cc1c(CC(C)C)sc2cc(-c3cc4c(-c5cc(C(C)(C)C)c6ccccc6c5)nccc4o3)ccc12. The third-order valence-corrected chi connectivity index (χ3v) is 8.58. The molecule has 0 saturated heterocycles.